The number of hydrogen-bond donors (Lipinski definition) is 2. The number of carbonyl (C=O) groups is 1. The van der Waals surface area contributed by atoms with Gasteiger partial charge in [0.1, 0.15) is 5.75 Å². The molecular formula is C18H23ClF2N4O2. The van der Waals surface area contributed by atoms with E-state index in [1.54, 1.807) is 36.0 Å². The standard InChI is InChI=1S/C18H22F2N4O2.ClH/c1-11(13-5-3-4-6-16(13)26-18(19)20)23-17(25)15-9-21-8-14(15)12-7-22-24(2)10-12;/h3-7,10-11,14-15,18,21H,8-9H2,1-2H3,(H,23,25);1H/t11?,14-,15+;/m1./s1. The zero-order chi connectivity index (χ0) is 18.7. The van der Waals surface area contributed by atoms with Crippen molar-refractivity contribution in [3.8, 4) is 5.75 Å². The molecule has 0 radical (unpaired) electrons. The first-order chi connectivity index (χ1) is 12.5. The molecule has 148 valence electrons. The highest BCUT2D eigenvalue weighted by Crippen LogP contribution is 2.30. The van der Waals surface area contributed by atoms with Crippen molar-refractivity contribution in [2.24, 2.45) is 13.0 Å². The fourth-order valence-electron chi connectivity index (χ4n) is 3.38. The van der Waals surface area contributed by atoms with Gasteiger partial charge in [0.25, 0.3) is 0 Å². The molecule has 1 fully saturated rings. The largest absolute Gasteiger partial charge is 0.434 e. The van der Waals surface area contributed by atoms with Crippen molar-refractivity contribution >= 4 is 18.3 Å². The van der Waals surface area contributed by atoms with E-state index in [-0.39, 0.29) is 35.9 Å². The van der Waals surface area contributed by atoms with Gasteiger partial charge in [-0.25, -0.2) is 0 Å². The van der Waals surface area contributed by atoms with E-state index in [0.717, 1.165) is 5.56 Å². The third-order valence-corrected chi connectivity index (χ3v) is 4.66. The minimum atomic E-state index is -2.91. The van der Waals surface area contributed by atoms with Crippen LogP contribution < -0.4 is 15.4 Å². The number of amides is 1. The second-order valence-electron chi connectivity index (χ2n) is 6.47. The molecule has 1 amide bonds. The molecule has 1 aromatic carbocycles. The maximum Gasteiger partial charge on any atom is 0.387 e. The maximum atomic E-state index is 12.8. The number of benzene rings is 1. The van der Waals surface area contributed by atoms with Crippen molar-refractivity contribution in [1.29, 1.82) is 0 Å². The molecule has 9 heteroatoms. The van der Waals surface area contributed by atoms with E-state index in [1.807, 2.05) is 13.2 Å². The second-order valence-corrected chi connectivity index (χ2v) is 6.47. The summed E-state index contributed by atoms with van der Waals surface area (Å²) in [4.78, 5) is 12.8. The topological polar surface area (TPSA) is 68.2 Å². The molecule has 2 heterocycles. The number of ether oxygens (including phenoxy) is 1. The van der Waals surface area contributed by atoms with Crippen molar-refractivity contribution in [3.05, 3.63) is 47.8 Å². The van der Waals surface area contributed by atoms with Gasteiger partial charge in [-0.2, -0.15) is 13.9 Å². The fourth-order valence-corrected chi connectivity index (χ4v) is 3.38. The molecule has 1 aliphatic heterocycles. The van der Waals surface area contributed by atoms with Gasteiger partial charge in [0.2, 0.25) is 5.91 Å². The lowest BCUT2D eigenvalue weighted by Crippen LogP contribution is -2.36. The fraction of sp³-hybridized carbons (Fsp3) is 0.444. The lowest BCUT2D eigenvalue weighted by atomic mass is 9.90. The van der Waals surface area contributed by atoms with Crippen molar-refractivity contribution in [3.63, 3.8) is 0 Å². The van der Waals surface area contributed by atoms with Gasteiger partial charge in [-0.1, -0.05) is 18.2 Å². The first-order valence-electron chi connectivity index (χ1n) is 8.49. The highest BCUT2D eigenvalue weighted by Gasteiger charge is 2.35. The molecule has 27 heavy (non-hydrogen) atoms. The summed E-state index contributed by atoms with van der Waals surface area (Å²) in [6.07, 6.45) is 3.68. The Labute approximate surface area is 162 Å². The molecule has 0 spiro atoms. The number of nitrogens with one attached hydrogen (secondary N) is 2. The van der Waals surface area contributed by atoms with E-state index in [0.29, 0.717) is 18.7 Å². The van der Waals surface area contributed by atoms with Crippen LogP contribution in [0, 0.1) is 5.92 Å². The number of rotatable bonds is 6. The summed E-state index contributed by atoms with van der Waals surface area (Å²) in [6, 6.07) is 6.04. The van der Waals surface area contributed by atoms with Crippen molar-refractivity contribution in [2.75, 3.05) is 13.1 Å². The Kier molecular flexibility index (Phi) is 7.15. The number of para-hydroxylation sites is 1. The summed E-state index contributed by atoms with van der Waals surface area (Å²) in [7, 11) is 1.84. The van der Waals surface area contributed by atoms with Crippen molar-refractivity contribution in [1.82, 2.24) is 20.4 Å². The van der Waals surface area contributed by atoms with Crippen LogP contribution in [0.5, 0.6) is 5.75 Å². The molecule has 0 saturated carbocycles. The van der Waals surface area contributed by atoms with Crippen LogP contribution in [0.4, 0.5) is 8.78 Å². The Bertz CT molecular complexity index is 771. The summed E-state index contributed by atoms with van der Waals surface area (Å²) in [5, 5.41) is 10.3. The Hall–Kier alpha value is -2.19. The van der Waals surface area contributed by atoms with Gasteiger partial charge in [-0.15, -0.1) is 12.4 Å². The third-order valence-electron chi connectivity index (χ3n) is 4.66. The number of alkyl halides is 2. The van der Waals surface area contributed by atoms with E-state index in [1.165, 1.54) is 6.07 Å². The summed E-state index contributed by atoms with van der Waals surface area (Å²) >= 11 is 0. The Morgan fingerprint density at radius 2 is 2.11 bits per heavy atom. The molecule has 1 aliphatic rings. The summed E-state index contributed by atoms with van der Waals surface area (Å²) in [5.74, 6) is -0.264. The Morgan fingerprint density at radius 1 is 1.37 bits per heavy atom. The predicted octanol–water partition coefficient (Wildman–Crippen LogP) is 2.62. The van der Waals surface area contributed by atoms with Crippen LogP contribution in [0.15, 0.2) is 36.7 Å². The number of aromatic nitrogens is 2. The van der Waals surface area contributed by atoms with E-state index in [9.17, 15) is 13.6 Å². The molecule has 0 bridgehead atoms. The second kappa shape index (κ2) is 9.14. The Balaban J connectivity index is 0.00000261. The molecule has 1 aromatic heterocycles. The minimum absolute atomic E-state index is 0. The SMILES string of the molecule is CC(NC(=O)[C@H]1CNC[C@@H]1c1cnn(C)c1)c1ccccc1OC(F)F.Cl. The third kappa shape index (κ3) is 4.95. The van der Waals surface area contributed by atoms with Crippen LogP contribution in [0.25, 0.3) is 0 Å². The molecule has 3 atom stereocenters. The number of carbonyl (C=O) groups excluding carboxylic acids is 1. The van der Waals surface area contributed by atoms with E-state index >= 15 is 0 Å². The first-order valence-corrected chi connectivity index (χ1v) is 8.49. The van der Waals surface area contributed by atoms with Crippen LogP contribution in [0.1, 0.15) is 30.0 Å². The van der Waals surface area contributed by atoms with Crippen LogP contribution in [0.2, 0.25) is 0 Å². The molecule has 1 unspecified atom stereocenters. The summed E-state index contributed by atoms with van der Waals surface area (Å²) < 4.78 is 31.4. The maximum absolute atomic E-state index is 12.8. The van der Waals surface area contributed by atoms with Gasteiger partial charge in [-0.05, 0) is 18.6 Å². The van der Waals surface area contributed by atoms with Gasteiger partial charge in [0.15, 0.2) is 0 Å². The molecule has 2 N–H and O–H groups in total. The highest BCUT2D eigenvalue weighted by molar-refractivity contribution is 5.85. The van der Waals surface area contributed by atoms with E-state index in [2.05, 4.69) is 20.5 Å². The average molecular weight is 401 g/mol. The molecule has 6 nitrogen and oxygen atoms in total. The Morgan fingerprint density at radius 3 is 2.78 bits per heavy atom. The van der Waals surface area contributed by atoms with E-state index < -0.39 is 12.7 Å². The van der Waals surface area contributed by atoms with Crippen LogP contribution in [-0.4, -0.2) is 35.4 Å². The smallest absolute Gasteiger partial charge is 0.387 e. The highest BCUT2D eigenvalue weighted by atomic mass is 35.5. The normalized spacial score (nSPS) is 20.2. The minimum Gasteiger partial charge on any atom is -0.434 e. The van der Waals surface area contributed by atoms with Crippen LogP contribution in [-0.2, 0) is 11.8 Å². The molecule has 0 aliphatic carbocycles. The lowest BCUT2D eigenvalue weighted by molar-refractivity contribution is -0.125. The zero-order valence-electron chi connectivity index (χ0n) is 15.1. The zero-order valence-corrected chi connectivity index (χ0v) is 15.9. The molecule has 1 saturated heterocycles. The number of aryl methyl sites for hydroxylation is 1. The number of nitrogens with zero attached hydrogens (tertiary/aromatic N) is 2. The average Bonchev–Trinajstić information content (AvgIpc) is 3.23. The molecule has 2 aromatic rings. The summed E-state index contributed by atoms with van der Waals surface area (Å²) in [6.45, 7) is 0.108. The van der Waals surface area contributed by atoms with Crippen molar-refractivity contribution in [2.45, 2.75) is 25.5 Å². The number of hydrogen-bond acceptors (Lipinski definition) is 4. The van der Waals surface area contributed by atoms with Gasteiger partial charge in [-0.3, -0.25) is 9.48 Å². The first kappa shape index (κ1) is 21.1. The van der Waals surface area contributed by atoms with Gasteiger partial charge in [0.05, 0.1) is 18.2 Å². The van der Waals surface area contributed by atoms with Gasteiger partial charge >= 0.3 is 6.61 Å². The number of halogens is 3. The monoisotopic (exact) mass is 400 g/mol. The lowest BCUT2D eigenvalue weighted by Gasteiger charge is -2.22. The molecular weight excluding hydrogens is 378 g/mol. The van der Waals surface area contributed by atoms with Gasteiger partial charge < -0.3 is 15.4 Å². The van der Waals surface area contributed by atoms with Crippen LogP contribution >= 0.6 is 12.4 Å². The van der Waals surface area contributed by atoms with Crippen LogP contribution in [0.3, 0.4) is 0 Å². The van der Waals surface area contributed by atoms with E-state index in [4.69, 9.17) is 0 Å². The van der Waals surface area contributed by atoms with Crippen molar-refractivity contribution < 1.29 is 18.3 Å². The quantitative estimate of drug-likeness (QED) is 0.782. The predicted molar refractivity (Wildman–Crippen MR) is 99.2 cm³/mol. The summed E-state index contributed by atoms with van der Waals surface area (Å²) in [5.41, 5.74) is 1.52. The molecule has 3 rings (SSSR count). The van der Waals surface area contributed by atoms with Gasteiger partial charge in [0, 0.05) is 37.8 Å².